The van der Waals surface area contributed by atoms with Gasteiger partial charge >= 0.3 is 12.4 Å². The molecule has 3 N–H and O–H groups in total. The van der Waals surface area contributed by atoms with Crippen molar-refractivity contribution in [2.75, 3.05) is 5.32 Å². The summed E-state index contributed by atoms with van der Waals surface area (Å²) in [5, 5.41) is 2.31. The zero-order valence-electron chi connectivity index (χ0n) is 16.3. The Bertz CT molecular complexity index is 1230. The quantitative estimate of drug-likeness (QED) is 0.571. The van der Waals surface area contributed by atoms with Gasteiger partial charge in [-0.15, -0.1) is 0 Å². The second kappa shape index (κ2) is 7.86. The number of fused-ring (bicyclic) bond motifs is 1. The second-order valence-electron chi connectivity index (χ2n) is 6.97. The number of benzene rings is 1. The zero-order valence-corrected chi connectivity index (χ0v) is 16.3. The third-order valence-electron chi connectivity index (χ3n) is 4.76. The third-order valence-corrected chi connectivity index (χ3v) is 4.76. The SMILES string of the molecule is NC1=NC(c2cc(NC(=O)c3cnc(C(F)(F)F)cn3)ccc2C(F)(F)F)Cn2ccnc21. The first kappa shape index (κ1) is 22.2. The van der Waals surface area contributed by atoms with Crippen molar-refractivity contribution in [2.24, 2.45) is 10.7 Å². The Balaban J connectivity index is 1.64. The molecule has 0 spiro atoms. The molecule has 4 rings (SSSR count). The molecule has 0 fully saturated rings. The lowest BCUT2D eigenvalue weighted by molar-refractivity contribution is -0.141. The number of aromatic nitrogens is 4. The number of rotatable bonds is 3. The number of amides is 1. The number of hydrogen-bond acceptors (Lipinski definition) is 6. The van der Waals surface area contributed by atoms with Crippen molar-refractivity contribution in [2.45, 2.75) is 24.9 Å². The lowest BCUT2D eigenvalue weighted by Gasteiger charge is -2.24. The smallest absolute Gasteiger partial charge is 0.381 e. The fourth-order valence-corrected chi connectivity index (χ4v) is 3.27. The van der Waals surface area contributed by atoms with E-state index in [1.165, 1.54) is 6.20 Å². The number of nitrogens with two attached hydrogens (primary N) is 1. The van der Waals surface area contributed by atoms with Gasteiger partial charge in [0.25, 0.3) is 5.91 Å². The summed E-state index contributed by atoms with van der Waals surface area (Å²) in [6.07, 6.45) is -5.46. The lowest BCUT2D eigenvalue weighted by atomic mass is 9.98. The predicted molar refractivity (Wildman–Crippen MR) is 102 cm³/mol. The highest BCUT2D eigenvalue weighted by Gasteiger charge is 2.37. The zero-order chi connectivity index (χ0) is 24.0. The molecule has 3 aromatic rings. The molecule has 3 heterocycles. The maximum atomic E-state index is 13.6. The van der Waals surface area contributed by atoms with Crippen LogP contribution in [0, 0.1) is 0 Å². The first-order valence-electron chi connectivity index (χ1n) is 9.20. The maximum Gasteiger partial charge on any atom is 0.434 e. The minimum atomic E-state index is -4.73. The number of halogens is 6. The molecule has 1 aliphatic heterocycles. The minimum absolute atomic E-state index is 0.0287. The molecule has 0 bridgehead atoms. The van der Waals surface area contributed by atoms with Crippen LogP contribution in [0.25, 0.3) is 0 Å². The molecule has 1 aromatic carbocycles. The van der Waals surface area contributed by atoms with E-state index in [1.807, 2.05) is 0 Å². The average Bonchev–Trinajstić information content (AvgIpc) is 3.22. The van der Waals surface area contributed by atoms with E-state index in [9.17, 15) is 31.1 Å². The number of alkyl halides is 6. The van der Waals surface area contributed by atoms with Crippen LogP contribution in [-0.2, 0) is 18.9 Å². The fourth-order valence-electron chi connectivity index (χ4n) is 3.27. The van der Waals surface area contributed by atoms with E-state index in [1.54, 1.807) is 10.8 Å². The molecular formula is C19H13F6N7O. The van der Waals surface area contributed by atoms with E-state index in [2.05, 4.69) is 25.3 Å². The molecule has 172 valence electrons. The van der Waals surface area contributed by atoms with Crippen molar-refractivity contribution in [3.05, 3.63) is 71.3 Å². The molecule has 33 heavy (non-hydrogen) atoms. The molecule has 2 aromatic heterocycles. The van der Waals surface area contributed by atoms with Crippen LogP contribution in [0.3, 0.4) is 0 Å². The Morgan fingerprint density at radius 2 is 1.82 bits per heavy atom. The van der Waals surface area contributed by atoms with E-state index in [0.717, 1.165) is 18.2 Å². The normalized spacial score (nSPS) is 16.2. The summed E-state index contributed by atoms with van der Waals surface area (Å²) in [6.45, 7) is 0.0287. The van der Waals surface area contributed by atoms with Crippen molar-refractivity contribution in [1.82, 2.24) is 19.5 Å². The topological polar surface area (TPSA) is 111 Å². The summed E-state index contributed by atoms with van der Waals surface area (Å²) < 4.78 is 80.3. The fraction of sp³-hybridized carbons (Fsp3) is 0.211. The molecule has 0 radical (unpaired) electrons. The molecule has 0 saturated carbocycles. The highest BCUT2D eigenvalue weighted by molar-refractivity contribution is 6.02. The van der Waals surface area contributed by atoms with Crippen LogP contribution >= 0.6 is 0 Å². The van der Waals surface area contributed by atoms with Crippen molar-refractivity contribution in [3.8, 4) is 0 Å². The van der Waals surface area contributed by atoms with Crippen LogP contribution in [0.15, 0.2) is 48.0 Å². The average molecular weight is 469 g/mol. The summed E-state index contributed by atoms with van der Waals surface area (Å²) in [5.74, 6) is -0.672. The number of nitrogens with one attached hydrogen (secondary N) is 1. The summed E-state index contributed by atoms with van der Waals surface area (Å²) in [6, 6.07) is 1.85. The van der Waals surface area contributed by atoms with Crippen LogP contribution in [0.1, 0.15) is 39.2 Å². The standard InChI is InChI=1S/C19H13F6N7O/c20-18(21,22)11-2-1-9(30-17(33)12-6-29-14(7-28-12)19(23,24)25)5-10(11)13-8-32-4-3-27-16(32)15(26)31-13/h1-7,13H,8H2,(H2,26,31)(H,30,33). The molecule has 0 aliphatic carbocycles. The van der Waals surface area contributed by atoms with Crippen molar-refractivity contribution < 1.29 is 31.1 Å². The van der Waals surface area contributed by atoms with Crippen LogP contribution < -0.4 is 11.1 Å². The van der Waals surface area contributed by atoms with Crippen LogP contribution in [0.2, 0.25) is 0 Å². The summed E-state index contributed by atoms with van der Waals surface area (Å²) in [5.41, 5.74) is 2.83. The van der Waals surface area contributed by atoms with Gasteiger partial charge in [-0.1, -0.05) is 0 Å². The number of carbonyl (C=O) groups excluding carboxylic acids is 1. The van der Waals surface area contributed by atoms with Gasteiger partial charge in [-0.25, -0.2) is 15.0 Å². The number of amidine groups is 1. The Morgan fingerprint density at radius 1 is 1.06 bits per heavy atom. The maximum absolute atomic E-state index is 13.6. The largest absolute Gasteiger partial charge is 0.434 e. The van der Waals surface area contributed by atoms with E-state index in [0.29, 0.717) is 18.2 Å². The number of hydrogen-bond donors (Lipinski definition) is 2. The highest BCUT2D eigenvalue weighted by atomic mass is 19.4. The number of carbonyl (C=O) groups is 1. The predicted octanol–water partition coefficient (Wildman–Crippen LogP) is 3.42. The molecular weight excluding hydrogens is 456 g/mol. The third kappa shape index (κ3) is 4.49. The van der Waals surface area contributed by atoms with Gasteiger partial charge in [0.2, 0.25) is 0 Å². The molecule has 8 nitrogen and oxygen atoms in total. The summed E-state index contributed by atoms with van der Waals surface area (Å²) >= 11 is 0. The van der Waals surface area contributed by atoms with Gasteiger partial charge < -0.3 is 15.6 Å². The second-order valence-corrected chi connectivity index (χ2v) is 6.97. The first-order chi connectivity index (χ1) is 15.4. The minimum Gasteiger partial charge on any atom is -0.381 e. The van der Waals surface area contributed by atoms with Crippen LogP contribution in [0.4, 0.5) is 32.0 Å². The Hall–Kier alpha value is -3.97. The van der Waals surface area contributed by atoms with E-state index in [-0.39, 0.29) is 23.6 Å². The van der Waals surface area contributed by atoms with Crippen molar-refractivity contribution in [1.29, 1.82) is 0 Å². The van der Waals surface area contributed by atoms with Crippen molar-refractivity contribution in [3.63, 3.8) is 0 Å². The number of nitrogens with zero attached hydrogens (tertiary/aromatic N) is 5. The van der Waals surface area contributed by atoms with Crippen molar-refractivity contribution >= 4 is 17.4 Å². The Morgan fingerprint density at radius 3 is 2.45 bits per heavy atom. The number of anilines is 1. The highest BCUT2D eigenvalue weighted by Crippen LogP contribution is 2.38. The molecule has 0 saturated heterocycles. The van der Waals surface area contributed by atoms with Gasteiger partial charge in [0.05, 0.1) is 30.5 Å². The van der Waals surface area contributed by atoms with Gasteiger partial charge in [0.15, 0.2) is 17.4 Å². The van der Waals surface area contributed by atoms with Gasteiger partial charge in [-0.3, -0.25) is 9.79 Å². The lowest BCUT2D eigenvalue weighted by Crippen LogP contribution is -2.28. The first-order valence-corrected chi connectivity index (χ1v) is 9.20. The van der Waals surface area contributed by atoms with E-state index >= 15 is 0 Å². The molecule has 14 heteroatoms. The van der Waals surface area contributed by atoms with Gasteiger partial charge in [-0.05, 0) is 23.8 Å². The van der Waals surface area contributed by atoms with Gasteiger partial charge in [0, 0.05) is 18.1 Å². The summed E-state index contributed by atoms with van der Waals surface area (Å²) in [7, 11) is 0. The Labute approximate surface area is 181 Å². The number of aliphatic imine (C=N–C) groups is 1. The monoisotopic (exact) mass is 469 g/mol. The summed E-state index contributed by atoms with van der Waals surface area (Å²) in [4.78, 5) is 27.0. The van der Waals surface area contributed by atoms with Crippen LogP contribution in [0.5, 0.6) is 0 Å². The number of imidazole rings is 1. The Kier molecular flexibility index (Phi) is 5.30. The molecule has 1 atom stereocenters. The van der Waals surface area contributed by atoms with Gasteiger partial charge in [0.1, 0.15) is 5.69 Å². The molecule has 1 aliphatic rings. The molecule has 1 unspecified atom stereocenters. The van der Waals surface area contributed by atoms with E-state index < -0.39 is 41.3 Å². The molecule has 1 amide bonds. The van der Waals surface area contributed by atoms with Gasteiger partial charge in [-0.2, -0.15) is 26.3 Å². The van der Waals surface area contributed by atoms with E-state index in [4.69, 9.17) is 5.73 Å². The van der Waals surface area contributed by atoms with Crippen LogP contribution in [-0.4, -0.2) is 31.3 Å².